The molecule has 1 aliphatic carbocycles. The number of nitrogens with two attached hydrogens (primary N) is 2. The molecule has 0 aromatic carbocycles. The summed E-state index contributed by atoms with van der Waals surface area (Å²) in [6.45, 7) is 0.332. The number of amides is 2. The van der Waals surface area contributed by atoms with Crippen molar-refractivity contribution in [3.8, 4) is 0 Å². The van der Waals surface area contributed by atoms with E-state index in [-0.39, 0.29) is 18.5 Å². The molecule has 0 aliphatic heterocycles. The van der Waals surface area contributed by atoms with Crippen LogP contribution in [0.1, 0.15) is 41.7 Å². The van der Waals surface area contributed by atoms with Crippen LogP contribution in [0.25, 0.3) is 0 Å². The summed E-state index contributed by atoms with van der Waals surface area (Å²) >= 11 is 0. The molecule has 1 saturated carbocycles. The number of pyridine rings is 1. The molecule has 2 amide bonds. The van der Waals surface area contributed by atoms with E-state index >= 15 is 0 Å². The quantitative estimate of drug-likeness (QED) is 0.813. The molecule has 6 heteroatoms. The van der Waals surface area contributed by atoms with E-state index < -0.39 is 5.91 Å². The van der Waals surface area contributed by atoms with Crippen molar-refractivity contribution < 1.29 is 9.59 Å². The summed E-state index contributed by atoms with van der Waals surface area (Å²) in [6.07, 6.45) is 5.57. The number of hydrogen-bond donors (Lipinski definition) is 2. The topological polar surface area (TPSA) is 102 Å². The van der Waals surface area contributed by atoms with Crippen molar-refractivity contribution in [1.29, 1.82) is 0 Å². The number of primary amides is 1. The van der Waals surface area contributed by atoms with Gasteiger partial charge in [0, 0.05) is 18.8 Å². The number of nitrogens with zero attached hydrogens (tertiary/aromatic N) is 2. The molecule has 1 fully saturated rings. The first-order valence-electron chi connectivity index (χ1n) is 6.86. The van der Waals surface area contributed by atoms with Crippen LogP contribution in [0.5, 0.6) is 0 Å². The maximum absolute atomic E-state index is 12.5. The minimum Gasteiger partial charge on any atom is -0.368 e. The molecule has 0 unspecified atom stereocenters. The lowest BCUT2D eigenvalue weighted by Crippen LogP contribution is -2.44. The van der Waals surface area contributed by atoms with Gasteiger partial charge in [0.2, 0.25) is 5.91 Å². The lowest BCUT2D eigenvalue weighted by Gasteiger charge is -2.27. The molecule has 0 radical (unpaired) electrons. The Morgan fingerprint density at radius 2 is 2.00 bits per heavy atom. The van der Waals surface area contributed by atoms with Gasteiger partial charge in [-0.2, -0.15) is 0 Å². The lowest BCUT2D eigenvalue weighted by atomic mass is 10.1. The fraction of sp³-hybridized carbons (Fsp3) is 0.500. The highest BCUT2D eigenvalue weighted by atomic mass is 16.2. The van der Waals surface area contributed by atoms with Gasteiger partial charge >= 0.3 is 0 Å². The van der Waals surface area contributed by atoms with E-state index in [1.807, 2.05) is 0 Å². The molecule has 108 valence electrons. The van der Waals surface area contributed by atoms with Gasteiger partial charge in [0.05, 0.1) is 6.54 Å². The Balaban J connectivity index is 2.17. The van der Waals surface area contributed by atoms with Gasteiger partial charge in [0.15, 0.2) is 0 Å². The van der Waals surface area contributed by atoms with Gasteiger partial charge in [-0.15, -0.1) is 0 Å². The molecule has 1 aromatic rings. The second-order valence-corrected chi connectivity index (χ2v) is 5.09. The van der Waals surface area contributed by atoms with Crippen LogP contribution in [-0.4, -0.2) is 34.3 Å². The van der Waals surface area contributed by atoms with Crippen molar-refractivity contribution in [3.05, 3.63) is 29.6 Å². The molecule has 0 bridgehead atoms. The Hall–Kier alpha value is -1.95. The van der Waals surface area contributed by atoms with Crippen LogP contribution in [0.15, 0.2) is 18.3 Å². The zero-order chi connectivity index (χ0) is 14.5. The monoisotopic (exact) mass is 276 g/mol. The van der Waals surface area contributed by atoms with Crippen LogP contribution >= 0.6 is 0 Å². The van der Waals surface area contributed by atoms with Crippen molar-refractivity contribution in [2.45, 2.75) is 38.3 Å². The number of rotatable bonds is 5. The summed E-state index contributed by atoms with van der Waals surface area (Å²) in [7, 11) is 0. The van der Waals surface area contributed by atoms with Crippen LogP contribution in [-0.2, 0) is 11.3 Å². The summed E-state index contributed by atoms with van der Waals surface area (Å²) in [5.74, 6) is -0.733. The lowest BCUT2D eigenvalue weighted by molar-refractivity contribution is -0.119. The molecule has 20 heavy (non-hydrogen) atoms. The summed E-state index contributed by atoms with van der Waals surface area (Å²) in [6, 6.07) is 3.51. The second kappa shape index (κ2) is 6.47. The maximum Gasteiger partial charge on any atom is 0.273 e. The van der Waals surface area contributed by atoms with Gasteiger partial charge in [0.1, 0.15) is 5.69 Å². The molecule has 0 spiro atoms. The Labute approximate surface area is 118 Å². The predicted molar refractivity (Wildman–Crippen MR) is 74.6 cm³/mol. The molecule has 1 aliphatic rings. The normalized spacial score (nSPS) is 15.2. The molecule has 1 heterocycles. The third-order valence-electron chi connectivity index (χ3n) is 3.63. The Morgan fingerprint density at radius 3 is 2.50 bits per heavy atom. The highest BCUT2D eigenvalue weighted by Gasteiger charge is 2.29. The van der Waals surface area contributed by atoms with Crippen LogP contribution in [0.3, 0.4) is 0 Å². The molecule has 6 nitrogen and oxygen atoms in total. The molecule has 2 rings (SSSR count). The van der Waals surface area contributed by atoms with Gasteiger partial charge in [-0.25, -0.2) is 0 Å². The Kier molecular flexibility index (Phi) is 4.68. The summed E-state index contributed by atoms with van der Waals surface area (Å²) < 4.78 is 0. The van der Waals surface area contributed by atoms with Crippen LogP contribution in [0.2, 0.25) is 0 Å². The van der Waals surface area contributed by atoms with E-state index in [0.29, 0.717) is 12.2 Å². The molecular weight excluding hydrogens is 256 g/mol. The van der Waals surface area contributed by atoms with E-state index in [1.165, 1.54) is 0 Å². The van der Waals surface area contributed by atoms with Gasteiger partial charge in [-0.3, -0.25) is 14.6 Å². The molecule has 4 N–H and O–H groups in total. The fourth-order valence-electron chi connectivity index (χ4n) is 2.57. The van der Waals surface area contributed by atoms with Crippen molar-refractivity contribution in [1.82, 2.24) is 9.88 Å². The van der Waals surface area contributed by atoms with Crippen molar-refractivity contribution >= 4 is 11.8 Å². The first-order chi connectivity index (χ1) is 9.61. The zero-order valence-electron chi connectivity index (χ0n) is 11.4. The highest BCUT2D eigenvalue weighted by molar-refractivity contribution is 5.95. The zero-order valence-corrected chi connectivity index (χ0v) is 11.4. The summed E-state index contributed by atoms with van der Waals surface area (Å²) in [4.78, 5) is 29.4. The average Bonchev–Trinajstić information content (AvgIpc) is 2.98. The van der Waals surface area contributed by atoms with E-state index in [1.54, 1.807) is 23.2 Å². The molecule has 0 saturated heterocycles. The first kappa shape index (κ1) is 14.5. The predicted octanol–water partition coefficient (Wildman–Crippen LogP) is 0.410. The van der Waals surface area contributed by atoms with E-state index in [0.717, 1.165) is 31.2 Å². The van der Waals surface area contributed by atoms with E-state index in [9.17, 15) is 9.59 Å². The minimum atomic E-state index is -0.496. The second-order valence-electron chi connectivity index (χ2n) is 5.09. The van der Waals surface area contributed by atoms with Crippen molar-refractivity contribution in [3.63, 3.8) is 0 Å². The highest BCUT2D eigenvalue weighted by Crippen LogP contribution is 2.24. The number of hydrogen-bond acceptors (Lipinski definition) is 4. The first-order valence-corrected chi connectivity index (χ1v) is 6.86. The number of carbonyl (C=O) groups excluding carboxylic acids is 2. The Bertz CT molecular complexity index is 480. The standard InChI is InChI=1S/C14H20N4O2/c15-7-10-5-6-12(17-8-10)14(20)18(9-13(16)19)11-3-1-2-4-11/h5-6,8,11H,1-4,7,9,15H2,(H2,16,19). The average molecular weight is 276 g/mol. The fourth-order valence-corrected chi connectivity index (χ4v) is 2.57. The van der Waals surface area contributed by atoms with Gasteiger partial charge < -0.3 is 16.4 Å². The largest absolute Gasteiger partial charge is 0.368 e. The van der Waals surface area contributed by atoms with Gasteiger partial charge in [0.25, 0.3) is 5.91 Å². The van der Waals surface area contributed by atoms with Gasteiger partial charge in [-0.1, -0.05) is 18.9 Å². The summed E-state index contributed by atoms with van der Waals surface area (Å²) in [5.41, 5.74) is 12.0. The number of aromatic nitrogens is 1. The van der Waals surface area contributed by atoms with E-state index in [2.05, 4.69) is 4.98 Å². The third kappa shape index (κ3) is 3.33. The summed E-state index contributed by atoms with van der Waals surface area (Å²) in [5, 5.41) is 0. The van der Waals surface area contributed by atoms with Crippen molar-refractivity contribution in [2.24, 2.45) is 11.5 Å². The minimum absolute atomic E-state index is 0.0518. The number of carbonyl (C=O) groups is 2. The van der Waals surface area contributed by atoms with Crippen LogP contribution < -0.4 is 11.5 Å². The Morgan fingerprint density at radius 1 is 1.30 bits per heavy atom. The third-order valence-corrected chi connectivity index (χ3v) is 3.63. The molecular formula is C14H20N4O2. The van der Waals surface area contributed by atoms with Crippen molar-refractivity contribution in [2.75, 3.05) is 6.54 Å². The molecule has 0 atom stereocenters. The van der Waals surface area contributed by atoms with Gasteiger partial charge in [-0.05, 0) is 24.5 Å². The smallest absolute Gasteiger partial charge is 0.273 e. The maximum atomic E-state index is 12.5. The van der Waals surface area contributed by atoms with Crippen LogP contribution in [0.4, 0.5) is 0 Å². The van der Waals surface area contributed by atoms with E-state index in [4.69, 9.17) is 11.5 Å². The SMILES string of the molecule is NCc1ccc(C(=O)N(CC(N)=O)C2CCCC2)nc1. The van der Waals surface area contributed by atoms with Crippen LogP contribution in [0, 0.1) is 0 Å². The molecule has 1 aromatic heterocycles.